The predicted molar refractivity (Wildman–Crippen MR) is 118 cm³/mol. The quantitative estimate of drug-likeness (QED) is 0.500. The number of hydrogen-bond donors (Lipinski definition) is 2. The predicted octanol–water partition coefficient (Wildman–Crippen LogP) is 2.65. The zero-order valence-corrected chi connectivity index (χ0v) is 19.3. The van der Waals surface area contributed by atoms with Crippen molar-refractivity contribution >= 4 is 44.2 Å². The fourth-order valence-corrected chi connectivity index (χ4v) is 5.20. The highest BCUT2D eigenvalue weighted by atomic mass is 32.2. The molecular weight excluding hydrogens is 456 g/mol. The van der Waals surface area contributed by atoms with Gasteiger partial charge in [-0.2, -0.15) is 4.72 Å². The summed E-state index contributed by atoms with van der Waals surface area (Å²) in [5, 5.41) is 4.75. The Balaban J connectivity index is 1.57. The van der Waals surface area contributed by atoms with Crippen LogP contribution in [0.4, 0.5) is 5.00 Å². The first-order valence-corrected chi connectivity index (χ1v) is 12.4. The van der Waals surface area contributed by atoms with Crippen molar-refractivity contribution in [3.63, 3.8) is 0 Å². The van der Waals surface area contributed by atoms with E-state index in [1.54, 1.807) is 25.1 Å². The van der Waals surface area contributed by atoms with E-state index in [9.17, 15) is 22.8 Å². The van der Waals surface area contributed by atoms with Crippen molar-refractivity contribution in [2.75, 3.05) is 18.5 Å². The van der Waals surface area contributed by atoms with Crippen LogP contribution in [0.15, 0.2) is 40.6 Å². The second-order valence-electron chi connectivity index (χ2n) is 7.20. The molecule has 0 aliphatic heterocycles. The van der Waals surface area contributed by atoms with Crippen LogP contribution in [0.5, 0.6) is 0 Å². The molecule has 0 saturated heterocycles. The Kier molecular flexibility index (Phi) is 7.64. The number of nitrogens with one attached hydrogen (secondary N) is 2. The van der Waals surface area contributed by atoms with Crippen molar-refractivity contribution in [2.24, 2.45) is 0 Å². The molecule has 11 heteroatoms. The Morgan fingerprint density at radius 2 is 1.84 bits per heavy atom. The molecule has 0 spiro atoms. The van der Waals surface area contributed by atoms with E-state index in [1.807, 2.05) is 5.38 Å². The first kappa shape index (κ1) is 23.9. The first-order valence-electron chi connectivity index (χ1n) is 10.0. The second-order valence-corrected chi connectivity index (χ2v) is 9.80. The fourth-order valence-electron chi connectivity index (χ4n) is 2.94. The molecule has 172 valence electrons. The van der Waals surface area contributed by atoms with Crippen LogP contribution in [0, 0.1) is 0 Å². The molecule has 1 aliphatic rings. The zero-order chi connectivity index (χ0) is 23.3. The lowest BCUT2D eigenvalue weighted by molar-refractivity contribution is -0.148. The normalized spacial score (nSPS) is 14.4. The highest BCUT2D eigenvalue weighted by Crippen LogP contribution is 2.46. The molecule has 3 rings (SSSR count). The van der Waals surface area contributed by atoms with Gasteiger partial charge in [-0.3, -0.25) is 9.59 Å². The number of rotatable bonds is 10. The molecule has 1 fully saturated rings. The smallest absolute Gasteiger partial charge is 0.341 e. The largest absolute Gasteiger partial charge is 0.462 e. The lowest BCUT2D eigenvalue weighted by Gasteiger charge is -2.14. The third kappa shape index (κ3) is 5.93. The Morgan fingerprint density at radius 3 is 2.47 bits per heavy atom. The van der Waals surface area contributed by atoms with Crippen LogP contribution < -0.4 is 10.0 Å². The average Bonchev–Trinajstić information content (AvgIpc) is 3.52. The molecule has 9 nitrogen and oxygen atoms in total. The molecule has 0 radical (unpaired) electrons. The Bertz CT molecular complexity index is 1090. The van der Waals surface area contributed by atoms with Crippen LogP contribution in [-0.4, -0.2) is 45.5 Å². The zero-order valence-electron chi connectivity index (χ0n) is 17.6. The van der Waals surface area contributed by atoms with Crippen molar-refractivity contribution < 1.29 is 32.3 Å². The number of benzene rings is 1. The molecule has 1 aromatic carbocycles. The molecule has 1 unspecified atom stereocenters. The van der Waals surface area contributed by atoms with E-state index in [0.29, 0.717) is 10.6 Å². The van der Waals surface area contributed by atoms with Crippen LogP contribution in [0.2, 0.25) is 0 Å². The second kappa shape index (κ2) is 10.2. The third-order valence-corrected chi connectivity index (χ3v) is 7.12. The highest BCUT2D eigenvalue weighted by molar-refractivity contribution is 7.89. The van der Waals surface area contributed by atoms with Gasteiger partial charge in [0.2, 0.25) is 10.0 Å². The van der Waals surface area contributed by atoms with E-state index in [1.165, 1.54) is 30.4 Å². The van der Waals surface area contributed by atoms with Gasteiger partial charge in [-0.1, -0.05) is 18.2 Å². The van der Waals surface area contributed by atoms with E-state index in [4.69, 9.17) is 9.47 Å². The third-order valence-electron chi connectivity index (χ3n) is 4.65. The topological polar surface area (TPSA) is 128 Å². The molecule has 2 aromatic rings. The first-order chi connectivity index (χ1) is 15.2. The van der Waals surface area contributed by atoms with Gasteiger partial charge in [-0.15, -0.1) is 11.3 Å². The monoisotopic (exact) mass is 480 g/mol. The summed E-state index contributed by atoms with van der Waals surface area (Å²) in [6.07, 6.45) is 1.95. The van der Waals surface area contributed by atoms with Gasteiger partial charge >= 0.3 is 11.9 Å². The minimum Gasteiger partial charge on any atom is -0.462 e. The molecule has 1 heterocycles. The molecule has 0 bridgehead atoms. The van der Waals surface area contributed by atoms with Crippen molar-refractivity contribution in [1.29, 1.82) is 0 Å². The Labute approximate surface area is 190 Å². The lowest BCUT2D eigenvalue weighted by Crippen LogP contribution is -2.40. The highest BCUT2D eigenvalue weighted by Gasteiger charge is 2.32. The number of thiophene rings is 1. The van der Waals surface area contributed by atoms with Gasteiger partial charge in [0, 0.05) is 0 Å². The summed E-state index contributed by atoms with van der Waals surface area (Å²) in [6.45, 7) is 2.60. The number of ether oxygens (including phenoxy) is 2. The van der Waals surface area contributed by atoms with E-state index >= 15 is 0 Å². The molecule has 1 aliphatic carbocycles. The van der Waals surface area contributed by atoms with E-state index in [-0.39, 0.29) is 17.4 Å². The van der Waals surface area contributed by atoms with Crippen molar-refractivity contribution in [1.82, 2.24) is 4.72 Å². The summed E-state index contributed by atoms with van der Waals surface area (Å²) >= 11 is 1.21. The Hall–Kier alpha value is -2.76. The minimum absolute atomic E-state index is 0.00745. The van der Waals surface area contributed by atoms with Crippen molar-refractivity contribution in [2.45, 2.75) is 43.5 Å². The van der Waals surface area contributed by atoms with Crippen molar-refractivity contribution in [3.8, 4) is 0 Å². The SMILES string of the molecule is CCOC(=O)c1c(C2CC2)csc1NC(=O)COC(=O)C(C)NS(=O)(=O)c1ccccc1. The number of esters is 2. The van der Waals surface area contributed by atoms with E-state index in [0.717, 1.165) is 18.4 Å². The average molecular weight is 481 g/mol. The summed E-state index contributed by atoms with van der Waals surface area (Å²) in [7, 11) is -3.91. The summed E-state index contributed by atoms with van der Waals surface area (Å²) < 4.78 is 36.9. The van der Waals surface area contributed by atoms with Gasteiger partial charge in [0.25, 0.3) is 5.91 Å². The van der Waals surface area contributed by atoms with Crippen LogP contribution in [0.1, 0.15) is 48.5 Å². The minimum atomic E-state index is -3.91. The molecular formula is C21H24N2O7S2. The molecule has 1 atom stereocenters. The molecule has 1 amide bonds. The van der Waals surface area contributed by atoms with E-state index < -0.39 is 40.5 Å². The fraction of sp³-hybridized carbons (Fsp3) is 0.381. The standard InChI is InChI=1S/C21H24N2O7S2/c1-3-29-21(26)18-16(14-9-10-14)12-31-19(18)22-17(24)11-30-20(25)13(2)23-32(27,28)15-7-5-4-6-8-15/h4-8,12-14,23H,3,9-11H2,1-2H3,(H,22,24). The van der Waals surface area contributed by atoms with Crippen LogP contribution in [0.3, 0.4) is 0 Å². The maximum atomic E-state index is 12.3. The molecule has 32 heavy (non-hydrogen) atoms. The number of carbonyl (C=O) groups excluding carboxylic acids is 3. The van der Waals surface area contributed by atoms with Crippen molar-refractivity contribution in [3.05, 3.63) is 46.8 Å². The number of amides is 1. The van der Waals surface area contributed by atoms with Gasteiger partial charge in [0.05, 0.1) is 17.1 Å². The summed E-state index contributed by atoms with van der Waals surface area (Å²) in [6, 6.07) is 6.38. The van der Waals surface area contributed by atoms with Crippen LogP contribution in [0.25, 0.3) is 0 Å². The van der Waals surface area contributed by atoms with Gasteiger partial charge in [0.15, 0.2) is 6.61 Å². The summed E-state index contributed by atoms with van der Waals surface area (Å²) in [5.74, 6) is -1.78. The van der Waals surface area contributed by atoms with Crippen LogP contribution in [-0.2, 0) is 29.1 Å². The van der Waals surface area contributed by atoms with E-state index in [2.05, 4.69) is 10.0 Å². The lowest BCUT2D eigenvalue weighted by atomic mass is 10.1. The molecule has 2 N–H and O–H groups in total. The summed E-state index contributed by atoms with van der Waals surface area (Å²) in [4.78, 5) is 36.8. The van der Waals surface area contributed by atoms with Gasteiger partial charge < -0.3 is 14.8 Å². The molecule has 1 saturated carbocycles. The Morgan fingerprint density at radius 1 is 1.16 bits per heavy atom. The maximum absolute atomic E-state index is 12.3. The van der Waals surface area contributed by atoms with Gasteiger partial charge in [0.1, 0.15) is 11.0 Å². The van der Waals surface area contributed by atoms with Gasteiger partial charge in [-0.05, 0) is 55.7 Å². The van der Waals surface area contributed by atoms with Crippen LogP contribution >= 0.6 is 11.3 Å². The number of carbonyl (C=O) groups is 3. The number of sulfonamides is 1. The molecule has 1 aromatic heterocycles. The summed E-state index contributed by atoms with van der Waals surface area (Å²) in [5.41, 5.74) is 1.19. The maximum Gasteiger partial charge on any atom is 0.341 e. The number of hydrogen-bond acceptors (Lipinski definition) is 8. The van der Waals surface area contributed by atoms with Gasteiger partial charge in [-0.25, -0.2) is 13.2 Å². The number of anilines is 1.